The normalized spacial score (nSPS) is 10.3. The number of rotatable bonds is 2. The molecule has 0 aliphatic heterocycles. The van der Waals surface area contributed by atoms with Gasteiger partial charge in [-0.1, -0.05) is 0 Å². The van der Waals surface area contributed by atoms with Crippen LogP contribution in [0.5, 0.6) is 0 Å². The van der Waals surface area contributed by atoms with E-state index in [2.05, 4.69) is 42.2 Å². The first kappa shape index (κ1) is 12.7. The molecule has 0 spiro atoms. The van der Waals surface area contributed by atoms with Crippen molar-refractivity contribution < 1.29 is 4.79 Å². The number of nitrogens with zero attached hydrogens (tertiary/aromatic N) is 1. The van der Waals surface area contributed by atoms with E-state index in [4.69, 9.17) is 0 Å². The molecular formula is C11H8Br2N2OS. The van der Waals surface area contributed by atoms with Crippen molar-refractivity contribution >= 4 is 54.8 Å². The van der Waals surface area contributed by atoms with Crippen LogP contribution in [0.25, 0.3) is 0 Å². The second-order valence-electron chi connectivity index (χ2n) is 3.43. The van der Waals surface area contributed by atoms with Gasteiger partial charge in [0.05, 0.1) is 21.2 Å². The van der Waals surface area contributed by atoms with E-state index in [1.807, 2.05) is 13.0 Å². The lowest BCUT2D eigenvalue weighted by atomic mass is 10.2. The molecule has 0 saturated heterocycles. The van der Waals surface area contributed by atoms with E-state index < -0.39 is 0 Å². The van der Waals surface area contributed by atoms with Crippen LogP contribution in [-0.2, 0) is 0 Å². The minimum Gasteiger partial charge on any atom is -0.321 e. The summed E-state index contributed by atoms with van der Waals surface area (Å²) in [5.74, 6) is -0.129. The Labute approximate surface area is 120 Å². The number of aromatic nitrogens is 1. The number of pyridine rings is 1. The Balaban J connectivity index is 2.15. The molecule has 88 valence electrons. The zero-order valence-electron chi connectivity index (χ0n) is 8.83. The molecule has 0 aliphatic rings. The molecule has 6 heteroatoms. The van der Waals surface area contributed by atoms with Gasteiger partial charge in [-0.05, 0) is 56.5 Å². The lowest BCUT2D eigenvalue weighted by molar-refractivity contribution is 0.102. The van der Waals surface area contributed by atoms with Gasteiger partial charge in [0.25, 0.3) is 5.91 Å². The quantitative estimate of drug-likeness (QED) is 0.798. The summed E-state index contributed by atoms with van der Waals surface area (Å²) in [5.41, 5.74) is 2.31. The smallest absolute Gasteiger partial charge is 0.256 e. The zero-order valence-corrected chi connectivity index (χ0v) is 12.8. The lowest BCUT2D eigenvalue weighted by Crippen LogP contribution is -2.11. The summed E-state index contributed by atoms with van der Waals surface area (Å²) < 4.78 is 1.72. The molecule has 0 atom stereocenters. The first-order valence-corrected chi connectivity index (χ1v) is 7.20. The fourth-order valence-corrected chi connectivity index (χ4v) is 2.61. The Kier molecular flexibility index (Phi) is 3.96. The minimum atomic E-state index is -0.129. The van der Waals surface area contributed by atoms with Gasteiger partial charge in [0, 0.05) is 5.38 Å². The van der Waals surface area contributed by atoms with E-state index in [0.717, 1.165) is 14.0 Å². The topological polar surface area (TPSA) is 42.0 Å². The molecule has 0 fully saturated rings. The summed E-state index contributed by atoms with van der Waals surface area (Å²) in [7, 11) is 0. The molecular weight excluding hydrogens is 368 g/mol. The first-order valence-electron chi connectivity index (χ1n) is 4.74. The second kappa shape index (κ2) is 5.29. The molecule has 0 radical (unpaired) electrons. The molecule has 17 heavy (non-hydrogen) atoms. The molecule has 0 aromatic carbocycles. The molecule has 0 bridgehead atoms. The van der Waals surface area contributed by atoms with Crippen molar-refractivity contribution in [2.45, 2.75) is 6.92 Å². The highest BCUT2D eigenvalue weighted by Crippen LogP contribution is 2.22. The minimum absolute atomic E-state index is 0.129. The third kappa shape index (κ3) is 3.14. The number of hydrogen-bond acceptors (Lipinski definition) is 3. The maximum atomic E-state index is 11.9. The Morgan fingerprint density at radius 1 is 1.41 bits per heavy atom. The summed E-state index contributed by atoms with van der Waals surface area (Å²) in [6, 6.07) is 3.66. The molecule has 1 N–H and O–H groups in total. The molecule has 0 unspecified atom stereocenters. The SMILES string of the molecule is Cc1cc(NC(=O)c2csc(Br)c2)cnc1Br. The maximum absolute atomic E-state index is 11.9. The van der Waals surface area contributed by atoms with Crippen LogP contribution >= 0.6 is 43.2 Å². The largest absolute Gasteiger partial charge is 0.321 e. The van der Waals surface area contributed by atoms with Gasteiger partial charge in [0.2, 0.25) is 0 Å². The van der Waals surface area contributed by atoms with E-state index in [1.165, 1.54) is 11.3 Å². The summed E-state index contributed by atoms with van der Waals surface area (Å²) in [5, 5.41) is 4.61. The number of amides is 1. The number of anilines is 1. The predicted octanol–water partition coefficient (Wildman–Crippen LogP) is 4.23. The summed E-state index contributed by atoms with van der Waals surface area (Å²) in [6.45, 7) is 1.92. The zero-order chi connectivity index (χ0) is 12.4. The molecule has 0 saturated carbocycles. The Hall–Kier alpha value is -0.720. The number of thiophene rings is 1. The lowest BCUT2D eigenvalue weighted by Gasteiger charge is -2.05. The van der Waals surface area contributed by atoms with Crippen molar-refractivity contribution in [2.24, 2.45) is 0 Å². The Morgan fingerprint density at radius 2 is 2.18 bits per heavy atom. The van der Waals surface area contributed by atoms with Gasteiger partial charge in [0.15, 0.2) is 0 Å². The van der Waals surface area contributed by atoms with Gasteiger partial charge >= 0.3 is 0 Å². The van der Waals surface area contributed by atoms with Gasteiger partial charge in [-0.15, -0.1) is 11.3 Å². The van der Waals surface area contributed by atoms with Gasteiger partial charge < -0.3 is 5.32 Å². The standard InChI is InChI=1S/C11H8Br2N2OS/c1-6-2-8(4-14-10(6)13)15-11(16)7-3-9(12)17-5-7/h2-5H,1H3,(H,15,16). The summed E-state index contributed by atoms with van der Waals surface area (Å²) in [4.78, 5) is 16.0. The van der Waals surface area contributed by atoms with E-state index in [-0.39, 0.29) is 5.91 Å². The van der Waals surface area contributed by atoms with Crippen molar-refractivity contribution in [3.8, 4) is 0 Å². The van der Waals surface area contributed by atoms with Crippen molar-refractivity contribution in [3.63, 3.8) is 0 Å². The van der Waals surface area contributed by atoms with Crippen LogP contribution in [0.2, 0.25) is 0 Å². The Bertz CT molecular complexity index is 568. The van der Waals surface area contributed by atoms with Crippen LogP contribution < -0.4 is 5.32 Å². The third-order valence-electron chi connectivity index (χ3n) is 2.10. The molecule has 1 amide bonds. The average molecular weight is 376 g/mol. The van der Waals surface area contributed by atoms with Crippen molar-refractivity contribution in [2.75, 3.05) is 5.32 Å². The monoisotopic (exact) mass is 374 g/mol. The van der Waals surface area contributed by atoms with Gasteiger partial charge in [0.1, 0.15) is 4.60 Å². The number of carbonyl (C=O) groups excluding carboxylic acids is 1. The average Bonchev–Trinajstić information content (AvgIpc) is 2.70. The third-order valence-corrected chi connectivity index (χ3v) is 4.44. The first-order chi connectivity index (χ1) is 8.06. The summed E-state index contributed by atoms with van der Waals surface area (Å²) in [6.07, 6.45) is 1.62. The van der Waals surface area contributed by atoms with Crippen LogP contribution in [0, 0.1) is 6.92 Å². The van der Waals surface area contributed by atoms with Gasteiger partial charge in [-0.25, -0.2) is 4.98 Å². The molecule has 2 aromatic rings. The number of carbonyl (C=O) groups is 1. The fraction of sp³-hybridized carbons (Fsp3) is 0.0909. The van der Waals surface area contributed by atoms with Crippen LogP contribution in [0.3, 0.4) is 0 Å². The van der Waals surface area contributed by atoms with Crippen molar-refractivity contribution in [1.82, 2.24) is 4.98 Å². The number of hydrogen-bond donors (Lipinski definition) is 1. The van der Waals surface area contributed by atoms with Crippen molar-refractivity contribution in [1.29, 1.82) is 0 Å². The van der Waals surface area contributed by atoms with E-state index in [1.54, 1.807) is 17.6 Å². The highest BCUT2D eigenvalue weighted by atomic mass is 79.9. The van der Waals surface area contributed by atoms with E-state index >= 15 is 0 Å². The number of aryl methyl sites for hydroxylation is 1. The number of nitrogens with one attached hydrogen (secondary N) is 1. The maximum Gasteiger partial charge on any atom is 0.256 e. The fourth-order valence-electron chi connectivity index (χ4n) is 1.26. The molecule has 2 rings (SSSR count). The van der Waals surface area contributed by atoms with Gasteiger partial charge in [-0.2, -0.15) is 0 Å². The Morgan fingerprint density at radius 3 is 2.76 bits per heavy atom. The van der Waals surface area contributed by atoms with Crippen LogP contribution in [0.15, 0.2) is 32.1 Å². The molecule has 2 aromatic heterocycles. The van der Waals surface area contributed by atoms with E-state index in [9.17, 15) is 4.79 Å². The number of halogens is 2. The molecule has 3 nitrogen and oxygen atoms in total. The summed E-state index contributed by atoms with van der Waals surface area (Å²) >= 11 is 8.12. The van der Waals surface area contributed by atoms with Crippen LogP contribution in [0.1, 0.15) is 15.9 Å². The predicted molar refractivity (Wildman–Crippen MR) is 76.6 cm³/mol. The second-order valence-corrected chi connectivity index (χ2v) is 6.47. The van der Waals surface area contributed by atoms with Crippen LogP contribution in [0.4, 0.5) is 5.69 Å². The van der Waals surface area contributed by atoms with Crippen LogP contribution in [-0.4, -0.2) is 10.9 Å². The van der Waals surface area contributed by atoms with E-state index in [0.29, 0.717) is 11.3 Å². The van der Waals surface area contributed by atoms with Gasteiger partial charge in [-0.3, -0.25) is 4.79 Å². The molecule has 2 heterocycles. The van der Waals surface area contributed by atoms with Crippen molar-refractivity contribution in [3.05, 3.63) is 43.2 Å². The highest BCUT2D eigenvalue weighted by Gasteiger charge is 2.09. The highest BCUT2D eigenvalue weighted by molar-refractivity contribution is 9.11. The molecule has 0 aliphatic carbocycles.